The number of carbonyl (C=O) groups is 5. The molecule has 16 nitrogen and oxygen atoms in total. The van der Waals surface area contributed by atoms with Crippen molar-refractivity contribution >= 4 is 66.6 Å². The molecule has 2 aliphatic rings. The minimum Gasteiger partial charge on any atom is -0.497 e. The Bertz CT molecular complexity index is 2480. The highest BCUT2D eigenvalue weighted by Gasteiger charge is 2.61. The number of halogens is 1. The van der Waals surface area contributed by atoms with E-state index in [9.17, 15) is 37.5 Å². The number of nitrogens with one attached hydrogen (secondary N) is 4. The summed E-state index contributed by atoms with van der Waals surface area (Å²) < 4.78 is 40.7. The van der Waals surface area contributed by atoms with E-state index in [2.05, 4.69) is 43.2 Å². The fourth-order valence-corrected chi connectivity index (χ4v) is 8.78. The molecular weight excluding hydrogens is 884 g/mol. The van der Waals surface area contributed by atoms with Crippen LogP contribution in [-0.2, 0) is 29.2 Å². The second kappa shape index (κ2) is 18.1. The highest BCUT2D eigenvalue weighted by molar-refractivity contribution is 9.10. The zero-order valence-corrected chi connectivity index (χ0v) is 37.2. The number of benzene rings is 3. The van der Waals surface area contributed by atoms with Gasteiger partial charge in [-0.25, -0.2) is 22.9 Å². The molecule has 0 bridgehead atoms. The summed E-state index contributed by atoms with van der Waals surface area (Å²) in [6, 6.07) is 19.5. The Hall–Kier alpha value is -6.01. The number of likely N-dealkylation sites (tertiary alicyclic amines) is 1. The van der Waals surface area contributed by atoms with Gasteiger partial charge in [0.05, 0.1) is 40.6 Å². The molecule has 2 heterocycles. The van der Waals surface area contributed by atoms with Gasteiger partial charge < -0.3 is 35.4 Å². The van der Waals surface area contributed by atoms with Crippen molar-refractivity contribution in [2.45, 2.75) is 80.0 Å². The van der Waals surface area contributed by atoms with Gasteiger partial charge in [-0.05, 0) is 43.0 Å². The van der Waals surface area contributed by atoms with Crippen LogP contribution in [0.25, 0.3) is 22.2 Å². The number of hydrogen-bond acceptors (Lipinski definition) is 10. The molecule has 2 fully saturated rings. The Balaban J connectivity index is 1.39. The molecule has 18 heteroatoms. The van der Waals surface area contributed by atoms with Gasteiger partial charge in [0, 0.05) is 35.4 Å². The summed E-state index contributed by atoms with van der Waals surface area (Å²) in [5, 5.41) is 18.5. The first kappa shape index (κ1) is 45.5. The Labute approximate surface area is 368 Å². The molecule has 6 rings (SSSR count). The highest BCUT2D eigenvalue weighted by atomic mass is 79.9. The van der Waals surface area contributed by atoms with Gasteiger partial charge in [-0.3, -0.25) is 19.2 Å². The monoisotopic (exact) mass is 932 g/mol. The van der Waals surface area contributed by atoms with Crippen LogP contribution in [0.1, 0.15) is 40.5 Å². The van der Waals surface area contributed by atoms with Crippen LogP contribution in [0.15, 0.2) is 102 Å². The van der Waals surface area contributed by atoms with Crippen LogP contribution >= 0.6 is 15.9 Å². The van der Waals surface area contributed by atoms with Crippen molar-refractivity contribution in [3.05, 3.63) is 97.6 Å². The third kappa shape index (κ3) is 9.86. The average molecular weight is 934 g/mol. The van der Waals surface area contributed by atoms with Gasteiger partial charge in [-0.2, -0.15) is 0 Å². The maximum absolute atomic E-state index is 14.9. The van der Waals surface area contributed by atoms with Crippen LogP contribution in [0.4, 0.5) is 4.79 Å². The first-order chi connectivity index (χ1) is 29.3. The lowest BCUT2D eigenvalue weighted by atomic mass is 9.81. The average Bonchev–Trinajstić information content (AvgIpc) is 3.80. The van der Waals surface area contributed by atoms with E-state index in [0.717, 1.165) is 5.56 Å². The van der Waals surface area contributed by atoms with E-state index >= 15 is 0 Å². The number of nitrogens with zero attached hydrogens (tertiary/aromatic N) is 2. The number of sulfonamides is 1. The summed E-state index contributed by atoms with van der Waals surface area (Å²) in [5.41, 5.74) is -0.752. The number of aromatic nitrogens is 1. The van der Waals surface area contributed by atoms with Crippen molar-refractivity contribution in [1.29, 1.82) is 0 Å². The summed E-state index contributed by atoms with van der Waals surface area (Å²) in [4.78, 5) is 74.0. The van der Waals surface area contributed by atoms with Crippen LogP contribution in [0, 0.1) is 11.3 Å². The highest BCUT2D eigenvalue weighted by Crippen LogP contribution is 2.45. The quantitative estimate of drug-likeness (QED) is 0.0807. The van der Waals surface area contributed by atoms with Gasteiger partial charge >= 0.3 is 6.09 Å². The van der Waals surface area contributed by atoms with Crippen LogP contribution in [0.2, 0.25) is 0 Å². The number of carboxylic acid groups (broad SMARTS) is 1. The topological polar surface area (TPSA) is 222 Å². The molecule has 1 saturated heterocycles. The summed E-state index contributed by atoms with van der Waals surface area (Å²) in [7, 11) is -2.82. The van der Waals surface area contributed by atoms with Gasteiger partial charge in [0.25, 0.3) is 15.9 Å². The van der Waals surface area contributed by atoms with Gasteiger partial charge in [0.2, 0.25) is 17.7 Å². The molecule has 0 radical (unpaired) electrons. The summed E-state index contributed by atoms with van der Waals surface area (Å²) >= 11 is 3.24. The van der Waals surface area contributed by atoms with Crippen LogP contribution < -0.4 is 30.1 Å². The number of alkyl halides is 1. The maximum atomic E-state index is 14.9. The number of fused-ring (bicyclic) bond motifs is 1. The molecule has 2 unspecified atom stereocenters. The maximum Gasteiger partial charge on any atom is 0.405 e. The Kier molecular flexibility index (Phi) is 13.3. The molecule has 7 atom stereocenters. The van der Waals surface area contributed by atoms with E-state index in [0.29, 0.717) is 28.1 Å². The van der Waals surface area contributed by atoms with Crippen molar-refractivity contribution in [3.8, 4) is 22.8 Å². The molecule has 3 aromatic carbocycles. The number of pyridine rings is 1. The zero-order valence-electron chi connectivity index (χ0n) is 34.8. The molecule has 328 valence electrons. The molecule has 5 amide bonds. The smallest absolute Gasteiger partial charge is 0.405 e. The molecule has 1 aromatic heterocycles. The fourth-order valence-electron chi connectivity index (χ4n) is 7.59. The number of carbonyl (C=O) groups excluding carboxylic acids is 4. The van der Waals surface area contributed by atoms with Crippen molar-refractivity contribution in [2.24, 2.45) is 11.3 Å². The lowest BCUT2D eigenvalue weighted by Crippen LogP contribution is -2.65. The van der Waals surface area contributed by atoms with E-state index in [4.69, 9.17) is 14.5 Å². The van der Waals surface area contributed by atoms with E-state index < -0.39 is 85.7 Å². The molecule has 4 aromatic rings. The van der Waals surface area contributed by atoms with E-state index in [1.807, 2.05) is 30.3 Å². The van der Waals surface area contributed by atoms with Crippen molar-refractivity contribution < 1.29 is 47.0 Å². The van der Waals surface area contributed by atoms with E-state index in [-0.39, 0.29) is 24.3 Å². The number of hydrogen-bond donors (Lipinski definition) is 5. The number of methoxy groups -OCH3 is 1. The SMILES string of the molecule is C=C[C@@H]1C[C@]1(NC(=O)[C@@H]1C[C@@H](Oc2cc(-c3ccccc3)nc3cc(OC)ccc23)CN1C(=O)C(NC(=O)O)[C@H](NC(=O)C(C)Br)C(C)(C)C)C(=O)NS(=O)(=O)c1ccccc1. The Morgan fingerprint density at radius 1 is 1.00 bits per heavy atom. The van der Waals surface area contributed by atoms with Gasteiger partial charge in [0.15, 0.2) is 0 Å². The second-order valence-electron chi connectivity index (χ2n) is 16.4. The normalized spacial score (nSPS) is 21.1. The third-order valence-corrected chi connectivity index (χ3v) is 12.8. The number of ether oxygens (including phenoxy) is 2. The first-order valence-corrected chi connectivity index (χ1v) is 22.2. The predicted molar refractivity (Wildman–Crippen MR) is 234 cm³/mol. The van der Waals surface area contributed by atoms with Gasteiger partial charge in [-0.1, -0.05) is 91.3 Å². The van der Waals surface area contributed by atoms with Crippen LogP contribution in [0.3, 0.4) is 0 Å². The van der Waals surface area contributed by atoms with Gasteiger partial charge in [0.1, 0.15) is 35.2 Å². The standard InChI is InChI=1S/C44H49BrN6O10S/c1-7-27-23-44(27,41(55)50-62(58,59)30-16-12-9-13-17-30)49-39(53)34-21-29(24-51(34)40(54)36(47-42(56)57)37(43(3,4)5)48-38(52)25(2)45)61-35-22-32(26-14-10-8-11-15-26)46-33-20-28(60-6)18-19-31(33)35/h7-20,22,25,27,29,34,36-37,47H,1,21,23-24H2,2-6H3,(H,48,52)(H,49,53)(H,50,55)(H,56,57)/t25?,27-,29-,34+,36?,37+,44-/m1/s1. The molecule has 62 heavy (non-hydrogen) atoms. The van der Waals surface area contributed by atoms with Crippen LogP contribution in [-0.4, -0.2) is 101 Å². The summed E-state index contributed by atoms with van der Waals surface area (Å²) in [5.74, 6) is -2.93. The summed E-state index contributed by atoms with van der Waals surface area (Å²) in [6.45, 7) is 10.3. The Morgan fingerprint density at radius 2 is 1.66 bits per heavy atom. The minimum atomic E-state index is -4.35. The summed E-state index contributed by atoms with van der Waals surface area (Å²) in [6.07, 6.45) is -1.14. The molecule has 1 aliphatic carbocycles. The number of amides is 5. The minimum absolute atomic E-state index is 0.0137. The largest absolute Gasteiger partial charge is 0.497 e. The van der Waals surface area contributed by atoms with Gasteiger partial charge in [-0.15, -0.1) is 6.58 Å². The fraction of sp³-hybridized carbons (Fsp3) is 0.364. The lowest BCUT2D eigenvalue weighted by molar-refractivity contribution is -0.142. The van der Waals surface area contributed by atoms with Crippen molar-refractivity contribution in [3.63, 3.8) is 0 Å². The first-order valence-electron chi connectivity index (χ1n) is 19.8. The zero-order chi connectivity index (χ0) is 45.1. The van der Waals surface area contributed by atoms with Crippen molar-refractivity contribution in [2.75, 3.05) is 13.7 Å². The lowest BCUT2D eigenvalue weighted by Gasteiger charge is -2.39. The molecule has 5 N–H and O–H groups in total. The molecule has 1 aliphatic heterocycles. The second-order valence-corrected chi connectivity index (χ2v) is 19.4. The van der Waals surface area contributed by atoms with E-state index in [1.54, 1.807) is 58.0 Å². The molecular formula is C44H49BrN6O10S. The van der Waals surface area contributed by atoms with Crippen molar-refractivity contribution in [1.82, 2.24) is 30.6 Å². The van der Waals surface area contributed by atoms with E-state index in [1.165, 1.54) is 42.4 Å². The molecule has 1 saturated carbocycles. The number of rotatable bonds is 15. The Morgan fingerprint density at radius 3 is 2.24 bits per heavy atom. The molecule has 0 spiro atoms. The third-order valence-electron chi connectivity index (χ3n) is 11.0. The predicted octanol–water partition coefficient (Wildman–Crippen LogP) is 4.78. The van der Waals surface area contributed by atoms with Crippen LogP contribution in [0.5, 0.6) is 11.5 Å².